The van der Waals surface area contributed by atoms with Crippen LogP contribution < -0.4 is 11.1 Å². The largest absolute Gasteiger partial charge is 0.351 e. The Morgan fingerprint density at radius 2 is 2.25 bits per heavy atom. The first-order chi connectivity index (χ1) is 7.52. The molecule has 0 saturated heterocycles. The molecule has 0 aliphatic heterocycles. The van der Waals surface area contributed by atoms with Gasteiger partial charge in [0.25, 0.3) is 0 Å². The molecule has 0 aromatic carbocycles. The summed E-state index contributed by atoms with van der Waals surface area (Å²) in [6, 6.07) is 1.46. The van der Waals surface area contributed by atoms with Gasteiger partial charge in [-0.25, -0.2) is 0 Å². The van der Waals surface area contributed by atoms with Crippen LogP contribution in [-0.2, 0) is 11.3 Å². The number of carbonyl (C=O) groups is 1. The Morgan fingerprint density at radius 1 is 1.56 bits per heavy atom. The van der Waals surface area contributed by atoms with Crippen molar-refractivity contribution in [2.75, 3.05) is 0 Å². The zero-order valence-corrected chi connectivity index (χ0v) is 10.0. The second kappa shape index (κ2) is 5.61. The monoisotopic (exact) mass is 221 g/mol. The van der Waals surface area contributed by atoms with Crippen molar-refractivity contribution in [2.45, 2.75) is 33.4 Å². The third-order valence-corrected chi connectivity index (χ3v) is 2.61. The van der Waals surface area contributed by atoms with Crippen molar-refractivity contribution < 1.29 is 4.79 Å². The average Bonchev–Trinajstić information content (AvgIpc) is 2.26. The summed E-state index contributed by atoms with van der Waals surface area (Å²) in [5.41, 5.74) is 7.88. The lowest BCUT2D eigenvalue weighted by molar-refractivity contribution is -0.123. The molecule has 1 aromatic rings. The zero-order chi connectivity index (χ0) is 12.1. The van der Waals surface area contributed by atoms with Crippen molar-refractivity contribution in [3.63, 3.8) is 0 Å². The molecule has 1 amide bonds. The highest BCUT2D eigenvalue weighted by molar-refractivity contribution is 5.81. The molecule has 0 bridgehead atoms. The molecule has 0 fully saturated rings. The fourth-order valence-electron chi connectivity index (χ4n) is 1.30. The summed E-state index contributed by atoms with van der Waals surface area (Å²) in [6.07, 6.45) is 3.50. The van der Waals surface area contributed by atoms with Gasteiger partial charge in [-0.15, -0.1) is 0 Å². The number of nitrogens with zero attached hydrogens (tertiary/aromatic N) is 1. The van der Waals surface area contributed by atoms with Crippen LogP contribution in [0.1, 0.15) is 25.0 Å². The first-order valence-electron chi connectivity index (χ1n) is 5.45. The van der Waals surface area contributed by atoms with Crippen molar-refractivity contribution in [1.82, 2.24) is 10.3 Å². The summed E-state index contributed by atoms with van der Waals surface area (Å²) < 4.78 is 0. The summed E-state index contributed by atoms with van der Waals surface area (Å²) in [4.78, 5) is 15.6. The van der Waals surface area contributed by atoms with Crippen molar-refractivity contribution in [1.29, 1.82) is 0 Å². The SMILES string of the molecule is Cc1cnccc1CNC(=O)[C@@H](N)C(C)C. The molecule has 0 aliphatic carbocycles. The minimum atomic E-state index is -0.442. The Morgan fingerprint density at radius 3 is 2.81 bits per heavy atom. The molecule has 1 aromatic heterocycles. The number of amides is 1. The molecule has 0 radical (unpaired) electrons. The van der Waals surface area contributed by atoms with Crippen molar-refractivity contribution in [3.8, 4) is 0 Å². The second-order valence-electron chi connectivity index (χ2n) is 4.29. The molecule has 16 heavy (non-hydrogen) atoms. The standard InChI is InChI=1S/C12H19N3O/c1-8(2)11(13)12(16)15-7-10-4-5-14-6-9(10)3/h4-6,8,11H,7,13H2,1-3H3,(H,15,16)/t11-/m0/s1. The van der Waals surface area contributed by atoms with E-state index < -0.39 is 6.04 Å². The number of rotatable bonds is 4. The maximum atomic E-state index is 11.6. The van der Waals surface area contributed by atoms with Crippen LogP contribution in [-0.4, -0.2) is 16.9 Å². The zero-order valence-electron chi connectivity index (χ0n) is 10.0. The van der Waals surface area contributed by atoms with Crippen molar-refractivity contribution >= 4 is 5.91 Å². The van der Waals surface area contributed by atoms with Crippen LogP contribution in [0.3, 0.4) is 0 Å². The predicted octanol–water partition coefficient (Wildman–Crippen LogP) is 0.990. The molecular formula is C12H19N3O. The van der Waals surface area contributed by atoms with Gasteiger partial charge in [-0.1, -0.05) is 13.8 Å². The number of hydrogen-bond donors (Lipinski definition) is 2. The summed E-state index contributed by atoms with van der Waals surface area (Å²) in [6.45, 7) is 6.34. The molecule has 0 aliphatic rings. The van der Waals surface area contributed by atoms with E-state index in [0.717, 1.165) is 11.1 Å². The first-order valence-corrected chi connectivity index (χ1v) is 5.45. The molecule has 0 spiro atoms. The number of nitrogens with one attached hydrogen (secondary N) is 1. The lowest BCUT2D eigenvalue weighted by Crippen LogP contribution is -2.43. The Labute approximate surface area is 96.3 Å². The number of aromatic nitrogens is 1. The van der Waals surface area contributed by atoms with Crippen molar-refractivity contribution in [3.05, 3.63) is 29.6 Å². The van der Waals surface area contributed by atoms with Gasteiger partial charge in [0.05, 0.1) is 6.04 Å². The summed E-state index contributed by atoms with van der Waals surface area (Å²) >= 11 is 0. The van der Waals surface area contributed by atoms with E-state index in [9.17, 15) is 4.79 Å². The summed E-state index contributed by atoms with van der Waals surface area (Å²) in [7, 11) is 0. The highest BCUT2D eigenvalue weighted by Crippen LogP contribution is 2.05. The fraction of sp³-hybridized carbons (Fsp3) is 0.500. The minimum absolute atomic E-state index is 0.105. The molecule has 3 N–H and O–H groups in total. The van der Waals surface area contributed by atoms with E-state index in [2.05, 4.69) is 10.3 Å². The fourth-order valence-corrected chi connectivity index (χ4v) is 1.30. The topological polar surface area (TPSA) is 68.0 Å². The van der Waals surface area contributed by atoms with E-state index in [1.54, 1.807) is 12.4 Å². The molecule has 88 valence electrons. The molecule has 1 atom stereocenters. The van der Waals surface area contributed by atoms with E-state index in [-0.39, 0.29) is 11.8 Å². The highest BCUT2D eigenvalue weighted by atomic mass is 16.2. The van der Waals surface area contributed by atoms with Crippen LogP contribution in [0, 0.1) is 12.8 Å². The quantitative estimate of drug-likeness (QED) is 0.796. The van der Waals surface area contributed by atoms with Gasteiger partial charge in [0.15, 0.2) is 0 Å². The van der Waals surface area contributed by atoms with Gasteiger partial charge in [-0.05, 0) is 30.0 Å². The van der Waals surface area contributed by atoms with Crippen molar-refractivity contribution in [2.24, 2.45) is 11.7 Å². The van der Waals surface area contributed by atoms with Gasteiger partial charge in [-0.2, -0.15) is 0 Å². The van der Waals surface area contributed by atoms with Crippen LogP contribution in [0.5, 0.6) is 0 Å². The first kappa shape index (κ1) is 12.6. The molecule has 1 rings (SSSR count). The Kier molecular flexibility index (Phi) is 4.43. The van der Waals surface area contributed by atoms with E-state index in [1.807, 2.05) is 26.8 Å². The number of carbonyl (C=O) groups excluding carboxylic acids is 1. The predicted molar refractivity (Wildman–Crippen MR) is 63.6 cm³/mol. The van der Waals surface area contributed by atoms with E-state index in [4.69, 9.17) is 5.73 Å². The molecular weight excluding hydrogens is 202 g/mol. The van der Waals surface area contributed by atoms with E-state index >= 15 is 0 Å². The number of aryl methyl sites for hydroxylation is 1. The number of hydrogen-bond acceptors (Lipinski definition) is 3. The second-order valence-corrected chi connectivity index (χ2v) is 4.29. The normalized spacial score (nSPS) is 12.6. The number of nitrogens with two attached hydrogens (primary N) is 1. The van der Waals surface area contributed by atoms with Gasteiger partial charge in [0.1, 0.15) is 0 Å². The maximum absolute atomic E-state index is 11.6. The Hall–Kier alpha value is -1.42. The Bertz CT molecular complexity index is 363. The lowest BCUT2D eigenvalue weighted by atomic mass is 10.0. The van der Waals surface area contributed by atoms with Crippen LogP contribution >= 0.6 is 0 Å². The molecule has 0 unspecified atom stereocenters. The van der Waals surface area contributed by atoms with Gasteiger partial charge < -0.3 is 11.1 Å². The van der Waals surface area contributed by atoms with Gasteiger partial charge >= 0.3 is 0 Å². The third kappa shape index (κ3) is 3.31. The molecule has 0 saturated carbocycles. The van der Waals surface area contributed by atoms with E-state index in [0.29, 0.717) is 6.54 Å². The van der Waals surface area contributed by atoms with Crippen LogP contribution in [0.25, 0.3) is 0 Å². The molecule has 1 heterocycles. The van der Waals surface area contributed by atoms with Crippen LogP contribution in [0.15, 0.2) is 18.5 Å². The van der Waals surface area contributed by atoms with Gasteiger partial charge in [0, 0.05) is 18.9 Å². The number of pyridine rings is 1. The summed E-state index contributed by atoms with van der Waals surface area (Å²) in [5.74, 6) is 0.0461. The summed E-state index contributed by atoms with van der Waals surface area (Å²) in [5, 5.41) is 2.83. The lowest BCUT2D eigenvalue weighted by Gasteiger charge is -2.15. The van der Waals surface area contributed by atoms with E-state index in [1.165, 1.54) is 0 Å². The highest BCUT2D eigenvalue weighted by Gasteiger charge is 2.16. The minimum Gasteiger partial charge on any atom is -0.351 e. The van der Waals surface area contributed by atoms with Gasteiger partial charge in [-0.3, -0.25) is 9.78 Å². The smallest absolute Gasteiger partial charge is 0.237 e. The Balaban J connectivity index is 2.52. The molecule has 4 heteroatoms. The average molecular weight is 221 g/mol. The van der Waals surface area contributed by atoms with Crippen LogP contribution in [0.4, 0.5) is 0 Å². The van der Waals surface area contributed by atoms with Gasteiger partial charge in [0.2, 0.25) is 5.91 Å². The van der Waals surface area contributed by atoms with Crippen LogP contribution in [0.2, 0.25) is 0 Å². The molecule has 4 nitrogen and oxygen atoms in total. The maximum Gasteiger partial charge on any atom is 0.237 e. The third-order valence-electron chi connectivity index (χ3n) is 2.61.